The van der Waals surface area contributed by atoms with Gasteiger partial charge in [0.25, 0.3) is 0 Å². The average Bonchev–Trinajstić information content (AvgIpc) is 2.59. The Balaban J connectivity index is 0.000000484. The maximum Gasteiger partial charge on any atom is 0.229 e. The van der Waals surface area contributed by atoms with Crippen molar-refractivity contribution in [3.05, 3.63) is 34.9 Å². The van der Waals surface area contributed by atoms with Crippen molar-refractivity contribution in [2.75, 3.05) is 0 Å². The zero-order valence-electron chi connectivity index (χ0n) is 16.9. The summed E-state index contributed by atoms with van der Waals surface area (Å²) in [6.07, 6.45) is 1.19. The number of ketones is 2. The van der Waals surface area contributed by atoms with E-state index < -0.39 is 0 Å². The lowest BCUT2D eigenvalue weighted by Gasteiger charge is -2.15. The number of rotatable bonds is 3. The van der Waals surface area contributed by atoms with Crippen LogP contribution >= 0.6 is 0 Å². The minimum atomic E-state index is -0.141. The minimum absolute atomic E-state index is 0.0164. The molecular formula is C21H31NO4. The van der Waals surface area contributed by atoms with Crippen molar-refractivity contribution in [1.29, 1.82) is 0 Å². The van der Waals surface area contributed by atoms with E-state index in [0.29, 0.717) is 24.0 Å². The largest absolute Gasteiger partial charge is 0.296 e. The topological polar surface area (TPSA) is 80.3 Å². The number of nitrogens with one attached hydrogen (secondary N) is 1. The third-order valence-corrected chi connectivity index (χ3v) is 3.93. The van der Waals surface area contributed by atoms with Crippen molar-refractivity contribution >= 4 is 23.4 Å². The second-order valence-corrected chi connectivity index (χ2v) is 6.42. The van der Waals surface area contributed by atoms with Crippen LogP contribution in [0.5, 0.6) is 0 Å². The standard InChI is InChI=1S/C13H16O2.C6H9NO2.C2H6/c1-8(2)13(15)11-7-5-6-9(3)12(11)10(4)14;1-4-2-3-5(8)7-6(4)9;1-2/h5-8H,1-4H3;4H,2-3H2,1H3,(H,7,8,9);1-2H3. The monoisotopic (exact) mass is 361 g/mol. The number of hydrogen-bond acceptors (Lipinski definition) is 4. The molecule has 0 bridgehead atoms. The first-order valence-corrected chi connectivity index (χ1v) is 9.13. The molecule has 1 heterocycles. The molecule has 1 fully saturated rings. The van der Waals surface area contributed by atoms with Gasteiger partial charge in [-0.05, 0) is 25.8 Å². The molecular weight excluding hydrogens is 330 g/mol. The smallest absolute Gasteiger partial charge is 0.229 e. The summed E-state index contributed by atoms with van der Waals surface area (Å²) in [7, 11) is 0. The van der Waals surface area contributed by atoms with Crippen LogP contribution in [0.1, 0.15) is 80.7 Å². The molecule has 0 spiro atoms. The SMILES string of the molecule is CC.CC(=O)c1c(C)cccc1C(=O)C(C)C.CC1CCC(=O)NC1=O. The normalized spacial score (nSPS) is 15.9. The van der Waals surface area contributed by atoms with Gasteiger partial charge in [0.05, 0.1) is 0 Å². The molecule has 0 radical (unpaired) electrons. The lowest BCUT2D eigenvalue weighted by molar-refractivity contribution is -0.135. The van der Waals surface area contributed by atoms with Gasteiger partial charge in [0.2, 0.25) is 11.8 Å². The fourth-order valence-electron chi connectivity index (χ4n) is 2.45. The lowest BCUT2D eigenvalue weighted by Crippen LogP contribution is -2.39. The molecule has 1 saturated heterocycles. The van der Waals surface area contributed by atoms with Crippen LogP contribution in [0.25, 0.3) is 0 Å². The molecule has 0 aliphatic carbocycles. The second kappa shape index (κ2) is 11.3. The van der Waals surface area contributed by atoms with Crippen LogP contribution < -0.4 is 5.32 Å². The Kier molecular flexibility index (Phi) is 10.3. The van der Waals surface area contributed by atoms with Crippen LogP contribution in [0, 0.1) is 18.8 Å². The highest BCUT2D eigenvalue weighted by Gasteiger charge is 2.21. The van der Waals surface area contributed by atoms with Crippen molar-refractivity contribution in [2.24, 2.45) is 11.8 Å². The van der Waals surface area contributed by atoms with E-state index in [-0.39, 0.29) is 35.2 Å². The molecule has 2 rings (SSSR count). The Bertz CT molecular complexity index is 662. The number of Topliss-reactive ketones (excluding diaryl/α,β-unsaturated/α-hetero) is 2. The van der Waals surface area contributed by atoms with Crippen LogP contribution in [-0.4, -0.2) is 23.4 Å². The van der Waals surface area contributed by atoms with Gasteiger partial charge < -0.3 is 0 Å². The summed E-state index contributed by atoms with van der Waals surface area (Å²) in [6.45, 7) is 12.9. The number of amides is 2. The Hall–Kier alpha value is -2.30. The molecule has 1 aliphatic heterocycles. The highest BCUT2D eigenvalue weighted by Crippen LogP contribution is 2.18. The van der Waals surface area contributed by atoms with Crippen LogP contribution in [-0.2, 0) is 9.59 Å². The third-order valence-electron chi connectivity index (χ3n) is 3.93. The third kappa shape index (κ3) is 6.90. The van der Waals surface area contributed by atoms with E-state index in [2.05, 4.69) is 5.32 Å². The number of benzene rings is 1. The van der Waals surface area contributed by atoms with Gasteiger partial charge in [0.15, 0.2) is 11.6 Å². The predicted octanol–water partition coefficient (Wildman–Crippen LogP) is 4.12. The van der Waals surface area contributed by atoms with Crippen molar-refractivity contribution in [2.45, 2.75) is 61.3 Å². The molecule has 1 aromatic rings. The first-order chi connectivity index (χ1) is 12.1. The van der Waals surface area contributed by atoms with E-state index in [9.17, 15) is 19.2 Å². The molecule has 0 aromatic heterocycles. The van der Waals surface area contributed by atoms with Crippen molar-refractivity contribution in [3.8, 4) is 0 Å². The van der Waals surface area contributed by atoms with Gasteiger partial charge in [-0.15, -0.1) is 0 Å². The molecule has 2 amide bonds. The molecule has 144 valence electrons. The zero-order valence-corrected chi connectivity index (χ0v) is 16.9. The Morgan fingerprint density at radius 3 is 2.15 bits per heavy atom. The van der Waals surface area contributed by atoms with Gasteiger partial charge in [0, 0.05) is 29.4 Å². The number of carbonyl (C=O) groups excluding carboxylic acids is 4. The van der Waals surface area contributed by atoms with Gasteiger partial charge in [0.1, 0.15) is 0 Å². The molecule has 1 atom stereocenters. The summed E-state index contributed by atoms with van der Waals surface area (Å²) in [5.74, 6) is -0.349. The van der Waals surface area contributed by atoms with E-state index in [1.165, 1.54) is 6.92 Å². The second-order valence-electron chi connectivity index (χ2n) is 6.42. The number of carbonyl (C=O) groups is 4. The van der Waals surface area contributed by atoms with Crippen molar-refractivity contribution < 1.29 is 19.2 Å². The molecule has 26 heavy (non-hydrogen) atoms. The maximum atomic E-state index is 11.9. The van der Waals surface area contributed by atoms with Gasteiger partial charge in [-0.1, -0.05) is 52.8 Å². The van der Waals surface area contributed by atoms with E-state index in [1.54, 1.807) is 6.07 Å². The number of hydrogen-bond donors (Lipinski definition) is 1. The Morgan fingerprint density at radius 2 is 1.73 bits per heavy atom. The zero-order chi connectivity index (χ0) is 20.4. The Labute approximate surface area is 156 Å². The van der Waals surface area contributed by atoms with E-state index >= 15 is 0 Å². The van der Waals surface area contributed by atoms with Crippen LogP contribution in [0.3, 0.4) is 0 Å². The predicted molar refractivity (Wildman–Crippen MR) is 103 cm³/mol. The summed E-state index contributed by atoms with van der Waals surface area (Å²) in [5.41, 5.74) is 1.99. The molecule has 1 N–H and O–H groups in total. The van der Waals surface area contributed by atoms with Gasteiger partial charge in [-0.2, -0.15) is 0 Å². The fourth-order valence-corrected chi connectivity index (χ4v) is 2.45. The number of imide groups is 1. The lowest BCUT2D eigenvalue weighted by atomic mass is 9.92. The van der Waals surface area contributed by atoms with Gasteiger partial charge in [-0.3, -0.25) is 24.5 Å². The van der Waals surface area contributed by atoms with Crippen molar-refractivity contribution in [1.82, 2.24) is 5.32 Å². The first-order valence-electron chi connectivity index (χ1n) is 9.13. The maximum absolute atomic E-state index is 11.9. The summed E-state index contributed by atoms with van der Waals surface area (Å²) in [5, 5.41) is 2.25. The van der Waals surface area contributed by atoms with E-state index in [0.717, 1.165) is 5.56 Å². The number of piperidine rings is 1. The average molecular weight is 361 g/mol. The van der Waals surface area contributed by atoms with Gasteiger partial charge in [-0.25, -0.2) is 0 Å². The molecule has 1 unspecified atom stereocenters. The van der Waals surface area contributed by atoms with Crippen molar-refractivity contribution in [3.63, 3.8) is 0 Å². The highest BCUT2D eigenvalue weighted by atomic mass is 16.2. The van der Waals surface area contributed by atoms with Crippen LogP contribution in [0.4, 0.5) is 0 Å². The fraction of sp³-hybridized carbons (Fsp3) is 0.524. The first kappa shape index (κ1) is 23.7. The Morgan fingerprint density at radius 1 is 1.15 bits per heavy atom. The van der Waals surface area contributed by atoms with Gasteiger partial charge >= 0.3 is 0 Å². The van der Waals surface area contributed by atoms with Crippen LogP contribution in [0.2, 0.25) is 0 Å². The molecule has 5 nitrogen and oxygen atoms in total. The highest BCUT2D eigenvalue weighted by molar-refractivity contribution is 6.09. The summed E-state index contributed by atoms with van der Waals surface area (Å²) in [6, 6.07) is 5.40. The van der Waals surface area contributed by atoms with E-state index in [4.69, 9.17) is 0 Å². The summed E-state index contributed by atoms with van der Waals surface area (Å²) < 4.78 is 0. The summed E-state index contributed by atoms with van der Waals surface area (Å²) >= 11 is 0. The quantitative estimate of drug-likeness (QED) is 0.648. The summed E-state index contributed by atoms with van der Waals surface area (Å²) in [4.78, 5) is 44.5. The van der Waals surface area contributed by atoms with Crippen LogP contribution in [0.15, 0.2) is 18.2 Å². The minimum Gasteiger partial charge on any atom is -0.296 e. The molecule has 0 saturated carbocycles. The molecule has 1 aromatic carbocycles. The number of aryl methyl sites for hydroxylation is 1. The van der Waals surface area contributed by atoms with E-state index in [1.807, 2.05) is 53.7 Å². The molecule has 1 aliphatic rings. The molecule has 5 heteroatoms.